The largest absolute Gasteiger partial charge is 0.490 e. The lowest BCUT2D eigenvalue weighted by Crippen LogP contribution is -2.31. The second kappa shape index (κ2) is 8.57. The predicted molar refractivity (Wildman–Crippen MR) is 112 cm³/mol. The third kappa shape index (κ3) is 4.30. The van der Waals surface area contributed by atoms with Crippen LogP contribution in [0.25, 0.3) is 11.5 Å². The highest BCUT2D eigenvalue weighted by atomic mass is 16.5. The highest BCUT2D eigenvalue weighted by Gasteiger charge is 2.22. The topological polar surface area (TPSA) is 86.5 Å². The molecule has 1 atom stereocenters. The van der Waals surface area contributed by atoms with Gasteiger partial charge in [-0.1, -0.05) is 25.1 Å². The van der Waals surface area contributed by atoms with Gasteiger partial charge in [-0.2, -0.15) is 4.98 Å². The second-order valence-corrected chi connectivity index (χ2v) is 7.68. The van der Waals surface area contributed by atoms with E-state index in [1.165, 1.54) is 0 Å². The molecule has 0 saturated heterocycles. The van der Waals surface area contributed by atoms with Gasteiger partial charge in [-0.25, -0.2) is 0 Å². The molecule has 0 bridgehead atoms. The van der Waals surface area contributed by atoms with Crippen molar-refractivity contribution in [1.82, 2.24) is 15.5 Å². The van der Waals surface area contributed by atoms with E-state index in [0.29, 0.717) is 30.5 Å². The molecule has 1 aromatic heterocycles. The average Bonchev–Trinajstić information content (AvgIpc) is 3.04. The van der Waals surface area contributed by atoms with E-state index < -0.39 is 0 Å². The predicted octanol–water partition coefficient (Wildman–Crippen LogP) is 4.33. The molecule has 156 valence electrons. The summed E-state index contributed by atoms with van der Waals surface area (Å²) in [5, 5.41) is 6.94. The van der Waals surface area contributed by atoms with Crippen LogP contribution in [-0.4, -0.2) is 29.3 Å². The number of hydrogen-bond donors (Lipinski definition) is 1. The highest BCUT2D eigenvalue weighted by molar-refractivity contribution is 5.94. The molecule has 30 heavy (non-hydrogen) atoms. The van der Waals surface area contributed by atoms with E-state index in [0.717, 1.165) is 29.0 Å². The Morgan fingerprint density at radius 3 is 2.43 bits per heavy atom. The zero-order valence-corrected chi connectivity index (χ0v) is 17.3. The van der Waals surface area contributed by atoms with Crippen LogP contribution in [0.5, 0.6) is 11.5 Å². The summed E-state index contributed by atoms with van der Waals surface area (Å²) in [4.78, 5) is 17.1. The number of benzene rings is 2. The Balaban J connectivity index is 1.52. The van der Waals surface area contributed by atoms with Gasteiger partial charge < -0.3 is 19.3 Å². The number of ether oxygens (including phenoxy) is 2. The van der Waals surface area contributed by atoms with E-state index in [1.54, 1.807) is 31.2 Å². The molecule has 1 amide bonds. The van der Waals surface area contributed by atoms with Crippen molar-refractivity contribution in [2.45, 2.75) is 33.2 Å². The number of nitrogens with zero attached hydrogens (tertiary/aromatic N) is 2. The van der Waals surface area contributed by atoms with Gasteiger partial charge in [-0.05, 0) is 54.8 Å². The van der Waals surface area contributed by atoms with Crippen LogP contribution < -0.4 is 14.8 Å². The molecule has 7 nitrogen and oxygen atoms in total. The first-order valence-electron chi connectivity index (χ1n) is 10.1. The number of aromatic nitrogens is 2. The van der Waals surface area contributed by atoms with Crippen LogP contribution in [0.1, 0.15) is 48.1 Å². The molecule has 0 saturated carbocycles. The summed E-state index contributed by atoms with van der Waals surface area (Å²) in [6.45, 7) is 7.20. The molecule has 1 aliphatic heterocycles. The monoisotopic (exact) mass is 407 g/mol. The summed E-state index contributed by atoms with van der Waals surface area (Å²) in [5.41, 5.74) is 2.32. The molecule has 0 unspecified atom stereocenters. The van der Waals surface area contributed by atoms with Crippen LogP contribution in [0, 0.1) is 12.8 Å². The molecular formula is C23H25N3O4. The van der Waals surface area contributed by atoms with Gasteiger partial charge in [-0.3, -0.25) is 4.79 Å². The Hall–Kier alpha value is -3.35. The van der Waals surface area contributed by atoms with E-state index in [-0.39, 0.29) is 17.9 Å². The number of carbonyl (C=O) groups excluding carboxylic acids is 1. The maximum absolute atomic E-state index is 12.9. The average molecular weight is 407 g/mol. The SMILES string of the molecule is Cc1noc(-c2ccc(C(=O)N[C@@H](c3ccc4c(c3)OCCCO4)C(C)C)cc2)n1. The van der Waals surface area contributed by atoms with Gasteiger partial charge >= 0.3 is 0 Å². The van der Waals surface area contributed by atoms with Crippen LogP contribution in [0.4, 0.5) is 0 Å². The minimum atomic E-state index is -0.159. The Bertz CT molecular complexity index is 1030. The lowest BCUT2D eigenvalue weighted by Gasteiger charge is -2.24. The van der Waals surface area contributed by atoms with Gasteiger partial charge in [0.1, 0.15) is 0 Å². The fraction of sp³-hybridized carbons (Fsp3) is 0.348. The Morgan fingerprint density at radius 2 is 1.77 bits per heavy atom. The van der Waals surface area contributed by atoms with Gasteiger partial charge in [0.05, 0.1) is 19.3 Å². The third-order valence-electron chi connectivity index (χ3n) is 5.01. The summed E-state index contributed by atoms with van der Waals surface area (Å²) >= 11 is 0. The lowest BCUT2D eigenvalue weighted by atomic mass is 9.95. The molecule has 4 rings (SSSR count). The summed E-state index contributed by atoms with van der Waals surface area (Å²) in [7, 11) is 0. The standard InChI is InChI=1S/C23H25N3O4/c1-14(2)21(18-9-10-19-20(13-18)29-12-4-11-28-19)25-22(27)16-5-7-17(8-6-16)23-24-15(3)26-30-23/h5-10,13-14,21H,4,11-12H2,1-3H3,(H,25,27)/t21-/m1/s1. The van der Waals surface area contributed by atoms with Crippen molar-refractivity contribution in [2.24, 2.45) is 5.92 Å². The van der Waals surface area contributed by atoms with Crippen LogP contribution in [-0.2, 0) is 0 Å². The van der Waals surface area contributed by atoms with Crippen molar-refractivity contribution in [3.8, 4) is 23.0 Å². The van der Waals surface area contributed by atoms with E-state index in [1.807, 2.05) is 18.2 Å². The normalized spacial score (nSPS) is 14.3. The molecule has 3 aromatic rings. The minimum Gasteiger partial charge on any atom is -0.490 e. The van der Waals surface area contributed by atoms with Gasteiger partial charge in [0.25, 0.3) is 11.8 Å². The van der Waals surface area contributed by atoms with Crippen molar-refractivity contribution in [1.29, 1.82) is 0 Å². The summed E-state index contributed by atoms with van der Waals surface area (Å²) in [6.07, 6.45) is 0.855. The smallest absolute Gasteiger partial charge is 0.257 e. The van der Waals surface area contributed by atoms with Crippen LogP contribution >= 0.6 is 0 Å². The lowest BCUT2D eigenvalue weighted by molar-refractivity contribution is 0.0925. The highest BCUT2D eigenvalue weighted by Crippen LogP contribution is 2.34. The van der Waals surface area contributed by atoms with Gasteiger partial charge in [-0.15, -0.1) is 0 Å². The van der Waals surface area contributed by atoms with Gasteiger partial charge in [0.2, 0.25) is 0 Å². The number of carbonyl (C=O) groups is 1. The maximum atomic E-state index is 12.9. The maximum Gasteiger partial charge on any atom is 0.257 e. The molecule has 2 aromatic carbocycles. The first kappa shape index (κ1) is 19.9. The van der Waals surface area contributed by atoms with E-state index >= 15 is 0 Å². The molecule has 0 spiro atoms. The fourth-order valence-corrected chi connectivity index (χ4v) is 3.41. The number of aryl methyl sites for hydroxylation is 1. The van der Waals surface area contributed by atoms with Gasteiger partial charge in [0, 0.05) is 17.5 Å². The number of nitrogens with one attached hydrogen (secondary N) is 1. The number of hydrogen-bond acceptors (Lipinski definition) is 6. The Kier molecular flexibility index (Phi) is 5.70. The number of rotatable bonds is 5. The van der Waals surface area contributed by atoms with Crippen molar-refractivity contribution in [3.63, 3.8) is 0 Å². The summed E-state index contributed by atoms with van der Waals surface area (Å²) in [5.74, 6) is 2.53. The van der Waals surface area contributed by atoms with Crippen molar-refractivity contribution in [2.75, 3.05) is 13.2 Å². The van der Waals surface area contributed by atoms with Crippen molar-refractivity contribution >= 4 is 5.91 Å². The molecule has 1 N–H and O–H groups in total. The van der Waals surface area contributed by atoms with Crippen LogP contribution in [0.15, 0.2) is 47.0 Å². The zero-order valence-electron chi connectivity index (χ0n) is 17.3. The Morgan fingerprint density at radius 1 is 1.03 bits per heavy atom. The van der Waals surface area contributed by atoms with Gasteiger partial charge in [0.15, 0.2) is 17.3 Å². The van der Waals surface area contributed by atoms with Crippen molar-refractivity contribution < 1.29 is 18.8 Å². The summed E-state index contributed by atoms with van der Waals surface area (Å²) in [6, 6.07) is 12.8. The summed E-state index contributed by atoms with van der Waals surface area (Å²) < 4.78 is 16.7. The third-order valence-corrected chi connectivity index (χ3v) is 5.01. The zero-order chi connectivity index (χ0) is 21.1. The molecular weight excluding hydrogens is 382 g/mol. The first-order valence-corrected chi connectivity index (χ1v) is 10.1. The molecule has 0 fully saturated rings. The van der Waals surface area contributed by atoms with E-state index in [4.69, 9.17) is 14.0 Å². The molecule has 7 heteroatoms. The minimum absolute atomic E-state index is 0.144. The second-order valence-electron chi connectivity index (χ2n) is 7.68. The molecule has 2 heterocycles. The first-order chi connectivity index (χ1) is 14.5. The fourth-order valence-electron chi connectivity index (χ4n) is 3.41. The van der Waals surface area contributed by atoms with Crippen molar-refractivity contribution in [3.05, 3.63) is 59.4 Å². The van der Waals surface area contributed by atoms with E-state index in [9.17, 15) is 4.79 Å². The van der Waals surface area contributed by atoms with E-state index in [2.05, 4.69) is 29.3 Å². The Labute approximate surface area is 175 Å². The van der Waals surface area contributed by atoms with Crippen LogP contribution in [0.3, 0.4) is 0 Å². The number of fused-ring (bicyclic) bond motifs is 1. The molecule has 0 radical (unpaired) electrons. The molecule has 1 aliphatic rings. The quantitative estimate of drug-likeness (QED) is 0.677. The molecule has 0 aliphatic carbocycles. The number of amides is 1. The van der Waals surface area contributed by atoms with Crippen LogP contribution in [0.2, 0.25) is 0 Å².